The second-order valence-electron chi connectivity index (χ2n) is 5.53. The summed E-state index contributed by atoms with van der Waals surface area (Å²) in [6.07, 6.45) is 0.375. The van der Waals surface area contributed by atoms with Crippen molar-refractivity contribution in [1.29, 1.82) is 0 Å². The smallest absolute Gasteiger partial charge is 0.330 e. The topological polar surface area (TPSA) is 78.4 Å². The molecule has 1 aliphatic rings. The average molecular weight is 331 g/mol. The van der Waals surface area contributed by atoms with Crippen LogP contribution < -0.4 is 10.6 Å². The predicted molar refractivity (Wildman–Crippen MR) is 87.8 cm³/mol. The number of rotatable bonds is 4. The number of aliphatic carboxylic acids is 1. The van der Waals surface area contributed by atoms with Crippen LogP contribution in [0.25, 0.3) is 0 Å². The summed E-state index contributed by atoms with van der Waals surface area (Å²) in [7, 11) is 0. The van der Waals surface area contributed by atoms with E-state index in [1.807, 2.05) is 30.3 Å². The number of carbonyl (C=O) groups is 2. The van der Waals surface area contributed by atoms with Gasteiger partial charge in [0.05, 0.1) is 0 Å². The SMILES string of the molecule is O=C(Nc1ccc(Cl)cc1)NC1(C(=O)O)CC1c1ccccc1. The normalized spacial score (nSPS) is 22.2. The zero-order valence-electron chi connectivity index (χ0n) is 12.1. The summed E-state index contributed by atoms with van der Waals surface area (Å²) in [6.45, 7) is 0. The molecule has 1 saturated carbocycles. The van der Waals surface area contributed by atoms with E-state index >= 15 is 0 Å². The number of nitrogens with one attached hydrogen (secondary N) is 2. The highest BCUT2D eigenvalue weighted by atomic mass is 35.5. The number of anilines is 1. The lowest BCUT2D eigenvalue weighted by Crippen LogP contribution is -2.46. The molecule has 2 unspecified atom stereocenters. The second-order valence-corrected chi connectivity index (χ2v) is 5.97. The van der Waals surface area contributed by atoms with Gasteiger partial charge >= 0.3 is 12.0 Å². The molecule has 2 aromatic carbocycles. The monoisotopic (exact) mass is 330 g/mol. The van der Waals surface area contributed by atoms with Crippen molar-refractivity contribution >= 4 is 29.3 Å². The number of carboxylic acid groups (broad SMARTS) is 1. The minimum atomic E-state index is -1.25. The van der Waals surface area contributed by atoms with E-state index in [9.17, 15) is 14.7 Å². The van der Waals surface area contributed by atoms with Crippen molar-refractivity contribution in [3.05, 3.63) is 65.2 Å². The number of amides is 2. The van der Waals surface area contributed by atoms with Gasteiger partial charge in [-0.3, -0.25) is 0 Å². The van der Waals surface area contributed by atoms with Crippen LogP contribution in [0.2, 0.25) is 5.02 Å². The number of urea groups is 1. The molecular weight excluding hydrogens is 316 g/mol. The van der Waals surface area contributed by atoms with Gasteiger partial charge in [0.2, 0.25) is 0 Å². The molecule has 0 saturated heterocycles. The molecule has 1 aliphatic carbocycles. The Balaban J connectivity index is 1.70. The summed E-state index contributed by atoms with van der Waals surface area (Å²) in [5, 5.41) is 15.3. The molecule has 3 N–H and O–H groups in total. The van der Waals surface area contributed by atoms with Crippen LogP contribution in [0.5, 0.6) is 0 Å². The Hall–Kier alpha value is -2.53. The zero-order valence-corrected chi connectivity index (χ0v) is 12.9. The summed E-state index contributed by atoms with van der Waals surface area (Å²) in [5.41, 5.74) is 0.198. The lowest BCUT2D eigenvalue weighted by molar-refractivity contribution is -0.140. The van der Waals surface area contributed by atoms with Crippen LogP contribution in [0.4, 0.5) is 10.5 Å². The van der Waals surface area contributed by atoms with Crippen molar-refractivity contribution in [2.75, 3.05) is 5.32 Å². The predicted octanol–water partition coefficient (Wildman–Crippen LogP) is 3.47. The fourth-order valence-electron chi connectivity index (χ4n) is 2.68. The molecule has 2 aromatic rings. The van der Waals surface area contributed by atoms with E-state index in [1.54, 1.807) is 24.3 Å². The van der Waals surface area contributed by atoms with Crippen LogP contribution in [0.15, 0.2) is 54.6 Å². The third-order valence-corrected chi connectivity index (χ3v) is 4.24. The van der Waals surface area contributed by atoms with Crippen LogP contribution in [-0.4, -0.2) is 22.6 Å². The highest BCUT2D eigenvalue weighted by Gasteiger charge is 2.62. The maximum absolute atomic E-state index is 12.1. The molecular formula is C17H15ClN2O3. The van der Waals surface area contributed by atoms with Crippen LogP contribution in [0, 0.1) is 0 Å². The van der Waals surface area contributed by atoms with Gasteiger partial charge in [-0.15, -0.1) is 0 Å². The Labute approximate surface area is 138 Å². The van der Waals surface area contributed by atoms with Crippen molar-refractivity contribution in [1.82, 2.24) is 5.32 Å². The molecule has 0 heterocycles. The van der Waals surface area contributed by atoms with Crippen molar-refractivity contribution < 1.29 is 14.7 Å². The number of benzene rings is 2. The fraction of sp³-hybridized carbons (Fsp3) is 0.176. The molecule has 118 valence electrons. The molecule has 2 atom stereocenters. The minimum Gasteiger partial charge on any atom is -0.479 e. The molecule has 1 fully saturated rings. The first-order valence-electron chi connectivity index (χ1n) is 7.14. The highest BCUT2D eigenvalue weighted by molar-refractivity contribution is 6.30. The molecule has 0 aliphatic heterocycles. The molecule has 0 aromatic heterocycles. The minimum absolute atomic E-state index is 0.225. The van der Waals surface area contributed by atoms with E-state index in [-0.39, 0.29) is 5.92 Å². The quantitative estimate of drug-likeness (QED) is 0.803. The molecule has 3 rings (SSSR count). The maximum Gasteiger partial charge on any atom is 0.330 e. The van der Waals surface area contributed by atoms with Gasteiger partial charge in [0, 0.05) is 16.6 Å². The molecule has 6 heteroatoms. The number of hydrogen-bond acceptors (Lipinski definition) is 2. The van der Waals surface area contributed by atoms with E-state index in [0.29, 0.717) is 17.1 Å². The van der Waals surface area contributed by atoms with Gasteiger partial charge < -0.3 is 15.7 Å². The molecule has 0 radical (unpaired) electrons. The molecule has 0 bridgehead atoms. The Morgan fingerprint density at radius 3 is 2.35 bits per heavy atom. The fourth-order valence-corrected chi connectivity index (χ4v) is 2.80. The van der Waals surface area contributed by atoms with E-state index < -0.39 is 17.5 Å². The molecule has 5 nitrogen and oxygen atoms in total. The highest BCUT2D eigenvalue weighted by Crippen LogP contribution is 2.51. The van der Waals surface area contributed by atoms with Gasteiger partial charge in [0.1, 0.15) is 5.54 Å². The summed E-state index contributed by atoms with van der Waals surface area (Å²) < 4.78 is 0. The molecule has 0 spiro atoms. The van der Waals surface area contributed by atoms with Gasteiger partial charge in [0.25, 0.3) is 0 Å². The van der Waals surface area contributed by atoms with Crippen LogP contribution in [0.1, 0.15) is 17.9 Å². The molecule has 23 heavy (non-hydrogen) atoms. The van der Waals surface area contributed by atoms with E-state index in [4.69, 9.17) is 11.6 Å². The summed E-state index contributed by atoms with van der Waals surface area (Å²) >= 11 is 5.79. The summed E-state index contributed by atoms with van der Waals surface area (Å²) in [6, 6.07) is 15.4. The first-order valence-corrected chi connectivity index (χ1v) is 7.52. The Morgan fingerprint density at radius 2 is 1.74 bits per heavy atom. The van der Waals surface area contributed by atoms with Gasteiger partial charge in [-0.25, -0.2) is 9.59 Å². The first kappa shape index (κ1) is 15.4. The van der Waals surface area contributed by atoms with Gasteiger partial charge in [-0.2, -0.15) is 0 Å². The third-order valence-electron chi connectivity index (χ3n) is 3.98. The Morgan fingerprint density at radius 1 is 1.09 bits per heavy atom. The van der Waals surface area contributed by atoms with E-state index in [0.717, 1.165) is 5.56 Å². The lowest BCUT2D eigenvalue weighted by Gasteiger charge is -2.16. The van der Waals surface area contributed by atoms with Crippen molar-refractivity contribution in [2.24, 2.45) is 0 Å². The van der Waals surface area contributed by atoms with Gasteiger partial charge in [-0.1, -0.05) is 41.9 Å². The van der Waals surface area contributed by atoms with E-state index in [2.05, 4.69) is 10.6 Å². The largest absolute Gasteiger partial charge is 0.479 e. The van der Waals surface area contributed by atoms with Crippen LogP contribution in [0.3, 0.4) is 0 Å². The van der Waals surface area contributed by atoms with Crippen molar-refractivity contribution in [2.45, 2.75) is 17.9 Å². The van der Waals surface area contributed by atoms with Gasteiger partial charge in [-0.05, 0) is 36.2 Å². The Kier molecular flexibility index (Phi) is 3.96. The van der Waals surface area contributed by atoms with Gasteiger partial charge in [0.15, 0.2) is 0 Å². The Bertz CT molecular complexity index is 733. The number of halogens is 1. The number of carboxylic acids is 1. The lowest BCUT2D eigenvalue weighted by atomic mass is 10.1. The molecule has 2 amide bonds. The average Bonchev–Trinajstić information content (AvgIpc) is 3.26. The third kappa shape index (κ3) is 3.14. The van der Waals surface area contributed by atoms with Crippen molar-refractivity contribution in [3.63, 3.8) is 0 Å². The number of hydrogen-bond donors (Lipinski definition) is 3. The maximum atomic E-state index is 12.1. The number of carbonyl (C=O) groups excluding carboxylic acids is 1. The summed E-state index contributed by atoms with van der Waals surface area (Å²) in [5.74, 6) is -1.25. The first-order chi connectivity index (χ1) is 11.0. The van der Waals surface area contributed by atoms with Crippen molar-refractivity contribution in [3.8, 4) is 0 Å². The van der Waals surface area contributed by atoms with Crippen LogP contribution in [-0.2, 0) is 4.79 Å². The summed E-state index contributed by atoms with van der Waals surface area (Å²) in [4.78, 5) is 23.8. The standard InChI is InChI=1S/C17H15ClN2O3/c18-12-6-8-13(9-7-12)19-16(23)20-17(15(21)22)10-14(17)11-4-2-1-3-5-11/h1-9,14H,10H2,(H,21,22)(H2,19,20,23). The second kappa shape index (κ2) is 5.93. The zero-order chi connectivity index (χ0) is 16.4. The van der Waals surface area contributed by atoms with E-state index in [1.165, 1.54) is 0 Å². The van der Waals surface area contributed by atoms with Crippen LogP contribution >= 0.6 is 11.6 Å².